The first kappa shape index (κ1) is 32.6. The lowest BCUT2D eigenvalue weighted by molar-refractivity contribution is 0.0750. The predicted octanol–water partition coefficient (Wildman–Crippen LogP) is 5.70. The minimum atomic E-state index is -0.971. The lowest BCUT2D eigenvalue weighted by atomic mass is 9.97. The van der Waals surface area contributed by atoms with Gasteiger partial charge in [0.2, 0.25) is 0 Å². The normalized spacial score (nSPS) is 19.3. The minimum absolute atomic E-state index is 0.115. The summed E-state index contributed by atoms with van der Waals surface area (Å²) in [5.74, 6) is -0.540. The van der Waals surface area contributed by atoms with E-state index in [1.54, 1.807) is 18.2 Å². The van der Waals surface area contributed by atoms with Crippen LogP contribution in [0.3, 0.4) is 0 Å². The molecule has 1 saturated carbocycles. The molecule has 2 atom stereocenters. The van der Waals surface area contributed by atoms with Crippen LogP contribution in [0.1, 0.15) is 88.9 Å². The van der Waals surface area contributed by atoms with E-state index in [4.69, 9.17) is 4.74 Å². The second-order valence-electron chi connectivity index (χ2n) is 12.6. The highest BCUT2D eigenvalue weighted by molar-refractivity contribution is 6.00. The Hall–Kier alpha value is -3.75. The van der Waals surface area contributed by atoms with Gasteiger partial charge in [-0.15, -0.1) is 0 Å². The van der Waals surface area contributed by atoms with Gasteiger partial charge in [0.05, 0.1) is 18.8 Å². The average molecular weight is 616 g/mol. The highest BCUT2D eigenvalue weighted by atomic mass is 19.1. The molecule has 0 aromatic heterocycles. The quantitative estimate of drug-likeness (QED) is 0.303. The number of aryl methyl sites for hydroxylation is 2. The molecule has 45 heavy (non-hydrogen) atoms. The summed E-state index contributed by atoms with van der Waals surface area (Å²) >= 11 is 0. The Kier molecular flexibility index (Phi) is 10.6. The number of ether oxygens (including phenoxy) is 1. The molecule has 1 fully saturated rings. The molecular weight excluding hydrogens is 569 g/mol. The fourth-order valence-electron chi connectivity index (χ4n) is 6.23. The Labute approximate surface area is 266 Å². The number of amides is 2. The second-order valence-corrected chi connectivity index (χ2v) is 12.6. The molecule has 3 N–H and O–H groups in total. The number of aliphatic hydroxyl groups excluding tert-OH is 1. The van der Waals surface area contributed by atoms with Gasteiger partial charge in [0.25, 0.3) is 11.8 Å². The number of fused-ring (bicyclic) bond motifs is 4. The second kappa shape index (κ2) is 14.6. The van der Waals surface area contributed by atoms with Crippen LogP contribution in [-0.4, -0.2) is 60.2 Å². The van der Waals surface area contributed by atoms with E-state index in [0.717, 1.165) is 37.7 Å². The fraction of sp³-hybridized carbons (Fsp3) is 0.459. The molecule has 3 aromatic rings. The van der Waals surface area contributed by atoms with Crippen LogP contribution in [0.15, 0.2) is 60.7 Å². The highest BCUT2D eigenvalue weighted by Gasteiger charge is 2.44. The molecule has 0 spiro atoms. The number of aliphatic hydroxyl groups is 1. The van der Waals surface area contributed by atoms with Gasteiger partial charge in [-0.2, -0.15) is 0 Å². The van der Waals surface area contributed by atoms with Gasteiger partial charge in [-0.3, -0.25) is 9.59 Å². The highest BCUT2D eigenvalue weighted by Crippen LogP contribution is 2.45. The van der Waals surface area contributed by atoms with Gasteiger partial charge in [-0.1, -0.05) is 38.1 Å². The summed E-state index contributed by atoms with van der Waals surface area (Å²) in [7, 11) is 0. The molecular formula is C37H46FN3O4. The van der Waals surface area contributed by atoms with Crippen molar-refractivity contribution in [2.45, 2.75) is 83.4 Å². The monoisotopic (exact) mass is 615 g/mol. The topological polar surface area (TPSA) is 90.9 Å². The Morgan fingerprint density at radius 2 is 1.87 bits per heavy atom. The standard InChI is InChI=1S/C37H46FN3O4/c1-4-13-41-14-6-7-15-45-32-20-27(19-31(38)23-32)21-33(40-35(43)28-16-25(3)17-29(22-28)36(41)44)34(42)24-39-37(11-12-37)30-10-8-9-26(5-2)18-30/h8-10,16-20,22-23,33-34,39,42H,4-7,11-15,21,24H2,1-3H3,(H,40,43). The van der Waals surface area contributed by atoms with Crippen molar-refractivity contribution in [3.8, 4) is 5.75 Å². The first-order chi connectivity index (χ1) is 21.7. The summed E-state index contributed by atoms with van der Waals surface area (Å²) in [6.07, 6.45) is 4.35. The van der Waals surface area contributed by atoms with Crippen LogP contribution in [0.25, 0.3) is 0 Å². The van der Waals surface area contributed by atoms with E-state index in [2.05, 4.69) is 41.8 Å². The first-order valence-corrected chi connectivity index (χ1v) is 16.4. The van der Waals surface area contributed by atoms with Gasteiger partial charge >= 0.3 is 0 Å². The smallest absolute Gasteiger partial charge is 0.253 e. The Morgan fingerprint density at radius 3 is 2.62 bits per heavy atom. The number of rotatable bonds is 8. The van der Waals surface area contributed by atoms with Gasteiger partial charge < -0.3 is 25.4 Å². The van der Waals surface area contributed by atoms with Crippen molar-refractivity contribution in [1.82, 2.24) is 15.5 Å². The zero-order valence-corrected chi connectivity index (χ0v) is 26.7. The molecule has 3 aromatic carbocycles. The zero-order valence-electron chi connectivity index (χ0n) is 26.7. The van der Waals surface area contributed by atoms with Crippen molar-refractivity contribution >= 4 is 11.8 Å². The van der Waals surface area contributed by atoms with Crippen molar-refractivity contribution < 1.29 is 23.8 Å². The Bertz CT molecular complexity index is 1500. The summed E-state index contributed by atoms with van der Waals surface area (Å²) in [4.78, 5) is 29.1. The van der Waals surface area contributed by atoms with Gasteiger partial charge in [-0.05, 0) is 104 Å². The summed E-state index contributed by atoms with van der Waals surface area (Å²) in [6.45, 7) is 7.82. The van der Waals surface area contributed by atoms with Crippen LogP contribution in [0, 0.1) is 12.7 Å². The fourth-order valence-corrected chi connectivity index (χ4v) is 6.23. The largest absolute Gasteiger partial charge is 0.493 e. The van der Waals surface area contributed by atoms with Gasteiger partial charge in [0.1, 0.15) is 11.6 Å². The summed E-state index contributed by atoms with van der Waals surface area (Å²) < 4.78 is 20.7. The van der Waals surface area contributed by atoms with E-state index >= 15 is 0 Å². The van der Waals surface area contributed by atoms with Crippen LogP contribution >= 0.6 is 0 Å². The van der Waals surface area contributed by atoms with Crippen LogP contribution in [0.4, 0.5) is 4.39 Å². The van der Waals surface area contributed by atoms with Crippen LogP contribution in [-0.2, 0) is 18.4 Å². The number of hydrogen-bond acceptors (Lipinski definition) is 5. The maximum Gasteiger partial charge on any atom is 0.253 e. The maximum absolute atomic E-state index is 14.7. The van der Waals surface area contributed by atoms with Crippen LogP contribution in [0.2, 0.25) is 0 Å². The summed E-state index contributed by atoms with van der Waals surface area (Å²) in [5, 5.41) is 18.2. The number of benzene rings is 3. The number of nitrogens with one attached hydrogen (secondary N) is 2. The number of nitrogens with zero attached hydrogens (tertiary/aromatic N) is 1. The number of halogens is 1. The van der Waals surface area contributed by atoms with Crippen LogP contribution < -0.4 is 15.4 Å². The first-order valence-electron chi connectivity index (χ1n) is 16.4. The average Bonchev–Trinajstić information content (AvgIpc) is 3.82. The van der Waals surface area contributed by atoms with E-state index in [9.17, 15) is 19.1 Å². The Morgan fingerprint density at radius 1 is 1.07 bits per heavy atom. The van der Waals surface area contributed by atoms with E-state index in [-0.39, 0.29) is 24.4 Å². The van der Waals surface area contributed by atoms with Crippen molar-refractivity contribution in [3.63, 3.8) is 0 Å². The maximum atomic E-state index is 14.7. The molecule has 4 bridgehead atoms. The van der Waals surface area contributed by atoms with E-state index in [1.807, 2.05) is 24.8 Å². The molecule has 2 aliphatic rings. The predicted molar refractivity (Wildman–Crippen MR) is 174 cm³/mol. The third-order valence-corrected chi connectivity index (χ3v) is 8.91. The molecule has 1 aliphatic heterocycles. The van der Waals surface area contributed by atoms with Crippen molar-refractivity contribution in [2.24, 2.45) is 0 Å². The van der Waals surface area contributed by atoms with Gasteiger partial charge in [0.15, 0.2) is 0 Å². The molecule has 2 amide bonds. The molecule has 0 radical (unpaired) electrons. The summed E-state index contributed by atoms with van der Waals surface area (Å²) in [5.41, 5.74) is 4.49. The molecule has 0 saturated heterocycles. The molecule has 7 nitrogen and oxygen atoms in total. The number of carbonyl (C=O) groups is 2. The van der Waals surface area contributed by atoms with Gasteiger partial charge in [-0.25, -0.2) is 4.39 Å². The van der Waals surface area contributed by atoms with Crippen molar-refractivity contribution in [3.05, 3.63) is 99.9 Å². The van der Waals surface area contributed by atoms with Gasteiger partial charge in [0, 0.05) is 42.4 Å². The molecule has 2 unspecified atom stereocenters. The third kappa shape index (κ3) is 8.30. The molecule has 240 valence electrons. The molecule has 8 heteroatoms. The van der Waals surface area contributed by atoms with Crippen molar-refractivity contribution in [1.29, 1.82) is 0 Å². The summed E-state index contributed by atoms with van der Waals surface area (Å²) in [6, 6.07) is 17.5. The lowest BCUT2D eigenvalue weighted by Gasteiger charge is -2.28. The number of carbonyl (C=O) groups excluding carboxylic acids is 2. The van der Waals surface area contributed by atoms with Crippen LogP contribution in [0.5, 0.6) is 5.75 Å². The molecule has 1 heterocycles. The number of hydrogen-bond donors (Lipinski definition) is 3. The molecule has 1 aliphatic carbocycles. The third-order valence-electron chi connectivity index (χ3n) is 8.91. The molecule has 5 rings (SSSR count). The van der Waals surface area contributed by atoms with E-state index < -0.39 is 23.9 Å². The Balaban J connectivity index is 1.43. The zero-order chi connectivity index (χ0) is 32.0. The van der Waals surface area contributed by atoms with E-state index in [0.29, 0.717) is 48.6 Å². The SMILES string of the molecule is CCCN1CCCCOc2cc(F)cc(c2)CC(C(O)CNC2(c3cccc(CC)c3)CC2)NC(=O)c2cc(C)cc(c2)C1=O. The lowest BCUT2D eigenvalue weighted by Crippen LogP contribution is -2.50. The minimum Gasteiger partial charge on any atom is -0.493 e. The van der Waals surface area contributed by atoms with E-state index in [1.165, 1.54) is 23.3 Å². The van der Waals surface area contributed by atoms with Crippen molar-refractivity contribution in [2.75, 3.05) is 26.2 Å².